The van der Waals surface area contributed by atoms with Crippen molar-refractivity contribution in [2.45, 2.75) is 24.8 Å². The molecule has 3 aromatic rings. The van der Waals surface area contributed by atoms with Gasteiger partial charge < -0.3 is 10.1 Å². The SMILES string of the molecule is CC[C@@]1(c2ccccc2)NC(=O)N(NC(=O)C2c3ccccc3Oc3ccccc32)C1=O. The first kappa shape index (κ1) is 19.8. The molecule has 0 spiro atoms. The van der Waals surface area contributed by atoms with Crippen molar-refractivity contribution in [3.8, 4) is 11.5 Å². The quantitative estimate of drug-likeness (QED) is 0.620. The molecule has 7 heteroatoms. The summed E-state index contributed by atoms with van der Waals surface area (Å²) in [5.41, 5.74) is 3.34. The average molecular weight is 427 g/mol. The number of hydrazine groups is 1. The molecular weight excluding hydrogens is 406 g/mol. The zero-order valence-electron chi connectivity index (χ0n) is 17.4. The lowest BCUT2D eigenvalue weighted by molar-refractivity contribution is -0.139. The molecule has 2 aliphatic heterocycles. The second kappa shape index (κ2) is 7.53. The Bertz CT molecular complexity index is 1180. The number of nitrogens with zero attached hydrogens (tertiary/aromatic N) is 1. The second-order valence-electron chi connectivity index (χ2n) is 7.78. The van der Waals surface area contributed by atoms with Crippen molar-refractivity contribution in [2.24, 2.45) is 0 Å². The van der Waals surface area contributed by atoms with Crippen LogP contribution in [0.15, 0.2) is 78.9 Å². The van der Waals surface area contributed by atoms with E-state index >= 15 is 0 Å². The average Bonchev–Trinajstić information content (AvgIpc) is 3.08. The van der Waals surface area contributed by atoms with Crippen LogP contribution in [0.1, 0.15) is 36.0 Å². The van der Waals surface area contributed by atoms with E-state index in [1.807, 2.05) is 61.5 Å². The highest BCUT2D eigenvalue weighted by atomic mass is 16.5. The number of imide groups is 1. The summed E-state index contributed by atoms with van der Waals surface area (Å²) >= 11 is 0. The third-order valence-corrected chi connectivity index (χ3v) is 6.05. The summed E-state index contributed by atoms with van der Waals surface area (Å²) in [6, 6.07) is 22.9. The summed E-state index contributed by atoms with van der Waals surface area (Å²) in [7, 11) is 0. The Morgan fingerprint density at radius 3 is 2.09 bits per heavy atom. The van der Waals surface area contributed by atoms with Crippen LogP contribution in [0.2, 0.25) is 0 Å². The van der Waals surface area contributed by atoms with E-state index in [0.717, 1.165) is 5.01 Å². The lowest BCUT2D eigenvalue weighted by Crippen LogP contribution is -2.50. The molecule has 0 radical (unpaired) electrons. The number of rotatable bonds is 4. The minimum atomic E-state index is -1.23. The molecule has 0 unspecified atom stereocenters. The Balaban J connectivity index is 1.49. The van der Waals surface area contributed by atoms with Gasteiger partial charge in [0.05, 0.1) is 5.92 Å². The minimum absolute atomic E-state index is 0.344. The van der Waals surface area contributed by atoms with Gasteiger partial charge in [-0.25, -0.2) is 4.79 Å². The number of amides is 4. The van der Waals surface area contributed by atoms with Crippen LogP contribution in [0.5, 0.6) is 11.5 Å². The van der Waals surface area contributed by atoms with Crippen LogP contribution in [0, 0.1) is 0 Å². The summed E-state index contributed by atoms with van der Waals surface area (Å²) in [6.07, 6.45) is 0.344. The van der Waals surface area contributed by atoms with E-state index in [-0.39, 0.29) is 0 Å². The van der Waals surface area contributed by atoms with Gasteiger partial charge in [-0.2, -0.15) is 5.01 Å². The molecule has 0 aliphatic carbocycles. The molecule has 4 amide bonds. The highest BCUT2D eigenvalue weighted by Gasteiger charge is 2.52. The van der Waals surface area contributed by atoms with Crippen molar-refractivity contribution in [3.05, 3.63) is 95.6 Å². The molecule has 32 heavy (non-hydrogen) atoms. The normalized spacial score (nSPS) is 19.6. The van der Waals surface area contributed by atoms with Crippen LogP contribution >= 0.6 is 0 Å². The second-order valence-corrected chi connectivity index (χ2v) is 7.78. The Hall–Kier alpha value is -4.13. The maximum Gasteiger partial charge on any atom is 0.344 e. The molecule has 7 nitrogen and oxygen atoms in total. The zero-order valence-corrected chi connectivity index (χ0v) is 17.4. The number of urea groups is 1. The van der Waals surface area contributed by atoms with Gasteiger partial charge in [-0.3, -0.25) is 15.0 Å². The first-order valence-corrected chi connectivity index (χ1v) is 10.4. The van der Waals surface area contributed by atoms with E-state index < -0.39 is 29.3 Å². The molecule has 2 aliphatic rings. The predicted octanol–water partition coefficient (Wildman–Crippen LogP) is 3.81. The van der Waals surface area contributed by atoms with Gasteiger partial charge in [0, 0.05) is 11.1 Å². The first-order chi connectivity index (χ1) is 15.5. The van der Waals surface area contributed by atoms with Crippen LogP contribution in [0.3, 0.4) is 0 Å². The molecule has 1 atom stereocenters. The molecule has 1 saturated heterocycles. The van der Waals surface area contributed by atoms with Crippen LogP contribution < -0.4 is 15.5 Å². The van der Waals surface area contributed by atoms with Crippen molar-refractivity contribution in [3.63, 3.8) is 0 Å². The minimum Gasteiger partial charge on any atom is -0.457 e. The van der Waals surface area contributed by atoms with E-state index in [1.165, 1.54) is 0 Å². The van der Waals surface area contributed by atoms with Crippen molar-refractivity contribution < 1.29 is 19.1 Å². The smallest absolute Gasteiger partial charge is 0.344 e. The van der Waals surface area contributed by atoms with Crippen molar-refractivity contribution >= 4 is 17.8 Å². The van der Waals surface area contributed by atoms with Crippen molar-refractivity contribution in [1.82, 2.24) is 15.8 Å². The van der Waals surface area contributed by atoms with Gasteiger partial charge in [-0.1, -0.05) is 73.7 Å². The Morgan fingerprint density at radius 1 is 0.938 bits per heavy atom. The molecule has 0 aromatic heterocycles. The number of para-hydroxylation sites is 2. The summed E-state index contributed by atoms with van der Waals surface area (Å²) in [6.45, 7) is 1.82. The van der Waals surface area contributed by atoms with Crippen molar-refractivity contribution in [2.75, 3.05) is 0 Å². The molecule has 1 fully saturated rings. The molecule has 2 N–H and O–H groups in total. The molecule has 5 rings (SSSR count). The first-order valence-electron chi connectivity index (χ1n) is 10.4. The fourth-order valence-electron chi connectivity index (χ4n) is 4.41. The maximum atomic E-state index is 13.5. The van der Waals surface area contributed by atoms with Gasteiger partial charge in [0.2, 0.25) is 0 Å². The van der Waals surface area contributed by atoms with Gasteiger partial charge in [-0.15, -0.1) is 0 Å². The standard InChI is InChI=1S/C25H21N3O4/c1-2-25(16-10-4-3-5-11-16)23(30)28(24(31)26-25)27-22(29)21-17-12-6-8-14-19(17)32-20-15-9-7-13-18(20)21/h3-15,21H,2H2,1H3,(H,26,31)(H,27,29)/t25-/m0/s1. The van der Waals surface area contributed by atoms with Gasteiger partial charge in [0.25, 0.3) is 11.8 Å². The Kier molecular flexibility index (Phi) is 4.66. The number of carbonyl (C=O) groups excluding carboxylic acids is 3. The summed E-state index contributed by atoms with van der Waals surface area (Å²) in [5.74, 6) is -0.605. The van der Waals surface area contributed by atoms with E-state index in [1.54, 1.807) is 24.3 Å². The largest absolute Gasteiger partial charge is 0.457 e. The molecule has 0 bridgehead atoms. The lowest BCUT2D eigenvalue weighted by atomic mass is 9.87. The third kappa shape index (κ3) is 2.93. The third-order valence-electron chi connectivity index (χ3n) is 6.05. The number of hydrogen-bond donors (Lipinski definition) is 2. The van der Waals surface area contributed by atoms with Crippen molar-refractivity contribution in [1.29, 1.82) is 0 Å². The number of carbonyl (C=O) groups is 3. The maximum absolute atomic E-state index is 13.5. The molecular formula is C25H21N3O4. The molecule has 3 aromatic carbocycles. The van der Waals surface area contributed by atoms with Gasteiger partial charge >= 0.3 is 6.03 Å². The van der Waals surface area contributed by atoms with Crippen LogP contribution in [0.25, 0.3) is 0 Å². The van der Waals surface area contributed by atoms with Gasteiger partial charge in [-0.05, 0) is 24.1 Å². The fourth-order valence-corrected chi connectivity index (χ4v) is 4.41. The number of nitrogens with one attached hydrogen (secondary N) is 2. The van der Waals surface area contributed by atoms with Gasteiger partial charge in [0.15, 0.2) is 0 Å². The Morgan fingerprint density at radius 2 is 1.50 bits per heavy atom. The summed E-state index contributed by atoms with van der Waals surface area (Å²) < 4.78 is 5.94. The fraction of sp³-hybridized carbons (Fsp3) is 0.160. The van der Waals surface area contributed by atoms with Crippen LogP contribution in [-0.4, -0.2) is 22.9 Å². The van der Waals surface area contributed by atoms with E-state index in [2.05, 4.69) is 10.7 Å². The van der Waals surface area contributed by atoms with Gasteiger partial charge in [0.1, 0.15) is 17.0 Å². The van der Waals surface area contributed by atoms with Crippen LogP contribution in [-0.2, 0) is 15.1 Å². The topological polar surface area (TPSA) is 87.7 Å². The summed E-state index contributed by atoms with van der Waals surface area (Å²) in [5, 5.41) is 3.57. The number of ether oxygens (including phenoxy) is 1. The predicted molar refractivity (Wildman–Crippen MR) is 117 cm³/mol. The summed E-state index contributed by atoms with van der Waals surface area (Å²) in [4.78, 5) is 39.6. The number of benzene rings is 3. The highest BCUT2D eigenvalue weighted by molar-refractivity contribution is 6.09. The molecule has 160 valence electrons. The van der Waals surface area contributed by atoms with E-state index in [9.17, 15) is 14.4 Å². The highest BCUT2D eigenvalue weighted by Crippen LogP contribution is 2.44. The Labute approximate surface area is 185 Å². The molecule has 2 heterocycles. The van der Waals surface area contributed by atoms with E-state index in [4.69, 9.17) is 4.74 Å². The monoisotopic (exact) mass is 427 g/mol. The number of hydrogen-bond acceptors (Lipinski definition) is 4. The van der Waals surface area contributed by atoms with Crippen LogP contribution in [0.4, 0.5) is 4.79 Å². The number of fused-ring (bicyclic) bond motifs is 2. The zero-order chi connectivity index (χ0) is 22.3. The lowest BCUT2D eigenvalue weighted by Gasteiger charge is -2.29. The van der Waals surface area contributed by atoms with E-state index in [0.29, 0.717) is 34.6 Å². The molecule has 0 saturated carbocycles.